The normalized spacial score (nSPS) is 20.7. The van der Waals surface area contributed by atoms with Gasteiger partial charge in [-0.3, -0.25) is 4.98 Å². The van der Waals surface area contributed by atoms with E-state index in [-0.39, 0.29) is 12.0 Å². The summed E-state index contributed by atoms with van der Waals surface area (Å²) in [5.41, 5.74) is 2.75. The summed E-state index contributed by atoms with van der Waals surface area (Å²) in [5.74, 6) is 0.160. The average Bonchev–Trinajstić information content (AvgIpc) is 2.87. The smallest absolute Gasteiger partial charge is 0.159 e. The number of pyridine rings is 1. The van der Waals surface area contributed by atoms with Crippen molar-refractivity contribution >= 4 is 21.6 Å². The van der Waals surface area contributed by atoms with Crippen LogP contribution in [0.3, 0.4) is 0 Å². The minimum atomic E-state index is -0.493. The van der Waals surface area contributed by atoms with Gasteiger partial charge in [0.1, 0.15) is 5.71 Å². The summed E-state index contributed by atoms with van der Waals surface area (Å²) in [5, 5.41) is 14.8. The Labute approximate surface area is 115 Å². The average molecular weight is 313 g/mol. The number of alkyl halides is 1. The van der Waals surface area contributed by atoms with Crippen molar-refractivity contribution < 1.29 is 9.94 Å². The second kappa shape index (κ2) is 5.80. The van der Waals surface area contributed by atoms with Crippen molar-refractivity contribution in [2.24, 2.45) is 11.1 Å². The van der Waals surface area contributed by atoms with Crippen LogP contribution in [0, 0.1) is 5.92 Å². The van der Waals surface area contributed by atoms with E-state index in [1.165, 1.54) is 0 Å². The Morgan fingerprint density at radius 1 is 1.50 bits per heavy atom. The quantitative estimate of drug-likeness (QED) is 0.869. The van der Waals surface area contributed by atoms with E-state index in [1.54, 1.807) is 0 Å². The molecule has 0 saturated heterocycles. The summed E-state index contributed by atoms with van der Waals surface area (Å²) in [4.78, 5) is 9.64. The lowest BCUT2D eigenvalue weighted by atomic mass is 9.97. The lowest BCUT2D eigenvalue weighted by Crippen LogP contribution is -2.31. The largest absolute Gasteiger partial charge is 0.389 e. The van der Waals surface area contributed by atoms with Gasteiger partial charge >= 0.3 is 0 Å². The first-order valence-electron chi connectivity index (χ1n) is 6.04. The number of nitrogens with zero attached hydrogens (tertiary/aromatic N) is 2. The van der Waals surface area contributed by atoms with Crippen molar-refractivity contribution in [2.75, 3.05) is 0 Å². The summed E-state index contributed by atoms with van der Waals surface area (Å²) in [6, 6.07) is 3.94. The fourth-order valence-corrected chi connectivity index (χ4v) is 2.17. The van der Waals surface area contributed by atoms with Gasteiger partial charge in [0, 0.05) is 17.9 Å². The summed E-state index contributed by atoms with van der Waals surface area (Å²) in [7, 11) is 0. The van der Waals surface area contributed by atoms with Gasteiger partial charge in [0.2, 0.25) is 0 Å². The molecule has 0 radical (unpaired) electrons. The zero-order chi connectivity index (χ0) is 13.1. The minimum absolute atomic E-state index is 0.160. The zero-order valence-corrected chi connectivity index (χ0v) is 12.1. The molecule has 1 aliphatic rings. The van der Waals surface area contributed by atoms with Gasteiger partial charge < -0.3 is 9.94 Å². The number of aliphatic hydroxyl groups is 1. The van der Waals surface area contributed by atoms with Crippen LogP contribution in [0.4, 0.5) is 0 Å². The predicted molar refractivity (Wildman–Crippen MR) is 73.7 cm³/mol. The summed E-state index contributed by atoms with van der Waals surface area (Å²) in [6.45, 7) is 3.93. The number of oxime groups is 1. The van der Waals surface area contributed by atoms with Crippen LogP contribution in [-0.2, 0) is 10.2 Å². The Balaban J connectivity index is 2.03. The third-order valence-electron chi connectivity index (χ3n) is 3.03. The van der Waals surface area contributed by atoms with E-state index < -0.39 is 6.10 Å². The van der Waals surface area contributed by atoms with Crippen molar-refractivity contribution in [3.05, 3.63) is 29.6 Å². The van der Waals surface area contributed by atoms with Gasteiger partial charge in [-0.2, -0.15) is 0 Å². The number of aliphatic hydroxyl groups excluding tert-OH is 1. The van der Waals surface area contributed by atoms with E-state index in [0.29, 0.717) is 6.42 Å². The third kappa shape index (κ3) is 2.90. The van der Waals surface area contributed by atoms with Crippen LogP contribution >= 0.6 is 15.9 Å². The maximum atomic E-state index is 9.95. The van der Waals surface area contributed by atoms with Gasteiger partial charge in [-0.1, -0.05) is 41.0 Å². The van der Waals surface area contributed by atoms with Gasteiger partial charge in [0.25, 0.3) is 0 Å². The summed E-state index contributed by atoms with van der Waals surface area (Å²) in [6.07, 6.45) is 1.68. The number of halogens is 1. The summed E-state index contributed by atoms with van der Waals surface area (Å²) < 4.78 is 0. The molecule has 0 saturated carbocycles. The molecule has 1 N–H and O–H groups in total. The zero-order valence-electron chi connectivity index (χ0n) is 10.5. The van der Waals surface area contributed by atoms with Crippen LogP contribution in [0.1, 0.15) is 31.5 Å². The molecule has 2 unspecified atom stereocenters. The van der Waals surface area contributed by atoms with Crippen molar-refractivity contribution in [3.8, 4) is 0 Å². The Bertz CT molecular complexity index is 431. The second-order valence-electron chi connectivity index (χ2n) is 4.81. The molecule has 18 heavy (non-hydrogen) atoms. The number of hydrogen-bond donors (Lipinski definition) is 1. The van der Waals surface area contributed by atoms with Crippen molar-refractivity contribution in [1.29, 1.82) is 0 Å². The second-order valence-corrected chi connectivity index (χ2v) is 5.37. The van der Waals surface area contributed by atoms with Crippen LogP contribution in [0.25, 0.3) is 0 Å². The third-order valence-corrected chi connectivity index (χ3v) is 3.68. The molecule has 1 aliphatic heterocycles. The van der Waals surface area contributed by atoms with Crippen LogP contribution < -0.4 is 0 Å². The molecule has 98 valence electrons. The molecule has 2 rings (SSSR count). The SMILES string of the molecule is CC(C)C(O)C1CC(c2ccc(CBr)cn2)=NO1. The highest BCUT2D eigenvalue weighted by Gasteiger charge is 2.31. The molecule has 0 aliphatic carbocycles. The maximum Gasteiger partial charge on any atom is 0.159 e. The molecule has 0 spiro atoms. The maximum absolute atomic E-state index is 9.95. The fraction of sp³-hybridized carbons (Fsp3) is 0.538. The summed E-state index contributed by atoms with van der Waals surface area (Å²) >= 11 is 3.38. The first kappa shape index (κ1) is 13.5. The highest BCUT2D eigenvalue weighted by Crippen LogP contribution is 2.21. The molecule has 4 nitrogen and oxygen atoms in total. The molecule has 0 amide bonds. The van der Waals surface area contributed by atoms with Gasteiger partial charge in [-0.25, -0.2) is 0 Å². The molecule has 2 atom stereocenters. The van der Waals surface area contributed by atoms with Gasteiger partial charge in [0.15, 0.2) is 6.10 Å². The van der Waals surface area contributed by atoms with E-state index in [9.17, 15) is 5.11 Å². The molecular weight excluding hydrogens is 296 g/mol. The van der Waals surface area contributed by atoms with Gasteiger partial charge in [-0.15, -0.1) is 0 Å². The van der Waals surface area contributed by atoms with Crippen molar-refractivity contribution in [1.82, 2.24) is 4.98 Å². The molecule has 5 heteroatoms. The molecule has 1 aromatic rings. The highest BCUT2D eigenvalue weighted by atomic mass is 79.9. The number of aromatic nitrogens is 1. The number of rotatable bonds is 4. The standard InChI is InChI=1S/C13H17BrN2O2/c1-8(2)13(17)12-5-11(16-18-12)10-4-3-9(6-14)7-15-10/h3-4,7-8,12-13,17H,5-6H2,1-2H3. The molecule has 0 fully saturated rings. The lowest BCUT2D eigenvalue weighted by Gasteiger charge is -2.19. The highest BCUT2D eigenvalue weighted by molar-refractivity contribution is 9.08. The van der Waals surface area contributed by atoms with Crippen molar-refractivity contribution in [2.45, 2.75) is 37.8 Å². The first-order valence-corrected chi connectivity index (χ1v) is 7.16. The van der Waals surface area contributed by atoms with Crippen LogP contribution in [0.2, 0.25) is 0 Å². The molecular formula is C13H17BrN2O2. The van der Waals surface area contributed by atoms with Crippen LogP contribution in [-0.4, -0.2) is 28.0 Å². The lowest BCUT2D eigenvalue weighted by molar-refractivity contribution is -0.0378. The number of hydrogen-bond acceptors (Lipinski definition) is 4. The van der Waals surface area contributed by atoms with Gasteiger partial charge in [0.05, 0.1) is 11.8 Å². The van der Waals surface area contributed by atoms with E-state index in [2.05, 4.69) is 26.1 Å². The van der Waals surface area contributed by atoms with Crippen LogP contribution in [0.15, 0.2) is 23.5 Å². The predicted octanol–water partition coefficient (Wildman–Crippen LogP) is 2.49. The fourth-order valence-electron chi connectivity index (χ4n) is 1.83. The Hall–Kier alpha value is -0.940. The monoisotopic (exact) mass is 312 g/mol. The Morgan fingerprint density at radius 2 is 2.28 bits per heavy atom. The minimum Gasteiger partial charge on any atom is -0.389 e. The molecule has 0 bridgehead atoms. The van der Waals surface area contributed by atoms with Crippen LogP contribution in [0.5, 0.6) is 0 Å². The van der Waals surface area contributed by atoms with Crippen molar-refractivity contribution in [3.63, 3.8) is 0 Å². The van der Waals surface area contributed by atoms with E-state index in [0.717, 1.165) is 22.3 Å². The van der Waals surface area contributed by atoms with Gasteiger partial charge in [-0.05, 0) is 17.5 Å². The van der Waals surface area contributed by atoms with E-state index in [1.807, 2.05) is 32.2 Å². The van der Waals surface area contributed by atoms with E-state index in [4.69, 9.17) is 4.84 Å². The van der Waals surface area contributed by atoms with E-state index >= 15 is 0 Å². The Kier molecular flexibility index (Phi) is 4.35. The Morgan fingerprint density at radius 3 is 2.83 bits per heavy atom. The molecule has 2 heterocycles. The molecule has 1 aromatic heterocycles. The molecule has 0 aromatic carbocycles. The topological polar surface area (TPSA) is 54.7 Å². The first-order chi connectivity index (χ1) is 8.61.